The summed E-state index contributed by atoms with van der Waals surface area (Å²) in [4.78, 5) is 28.0. The molecule has 0 saturated carbocycles. The lowest BCUT2D eigenvalue weighted by Gasteiger charge is -2.15. The van der Waals surface area contributed by atoms with Crippen LogP contribution in [0.5, 0.6) is 5.75 Å². The van der Waals surface area contributed by atoms with Crippen molar-refractivity contribution in [2.24, 2.45) is 0 Å². The summed E-state index contributed by atoms with van der Waals surface area (Å²) in [6, 6.07) is 15.8. The van der Waals surface area contributed by atoms with E-state index in [1.165, 1.54) is 19.2 Å². The van der Waals surface area contributed by atoms with Crippen LogP contribution < -0.4 is 20.6 Å². The Balaban J connectivity index is 1.74. The van der Waals surface area contributed by atoms with Crippen molar-refractivity contribution in [3.63, 3.8) is 0 Å². The summed E-state index contributed by atoms with van der Waals surface area (Å²) in [5.74, 6) is 0.525. The minimum Gasteiger partial charge on any atom is -0.496 e. The maximum absolute atomic E-state index is 13.1. The van der Waals surface area contributed by atoms with Crippen molar-refractivity contribution >= 4 is 26.7 Å². The molecule has 0 amide bonds. The summed E-state index contributed by atoms with van der Waals surface area (Å²) >= 11 is 0. The van der Waals surface area contributed by atoms with E-state index in [1.807, 2.05) is 31.2 Å². The van der Waals surface area contributed by atoms with Crippen LogP contribution in [-0.2, 0) is 10.0 Å². The average Bonchev–Trinajstić information content (AvgIpc) is 2.74. The fourth-order valence-electron chi connectivity index (χ4n) is 3.61. The number of anilines is 1. The summed E-state index contributed by atoms with van der Waals surface area (Å²) in [7, 11) is -2.46. The van der Waals surface area contributed by atoms with E-state index in [4.69, 9.17) is 4.74 Å². The molecule has 4 rings (SSSR count). The van der Waals surface area contributed by atoms with Crippen LogP contribution in [-0.4, -0.2) is 25.5 Å². The molecule has 4 aromatic rings. The van der Waals surface area contributed by atoms with Gasteiger partial charge in [0.2, 0.25) is 0 Å². The molecule has 3 aromatic carbocycles. The van der Waals surface area contributed by atoms with Gasteiger partial charge in [-0.3, -0.25) is 14.3 Å². The number of rotatable bonds is 5. The van der Waals surface area contributed by atoms with Crippen LogP contribution in [0.25, 0.3) is 22.2 Å². The van der Waals surface area contributed by atoms with Gasteiger partial charge in [-0.1, -0.05) is 24.3 Å². The van der Waals surface area contributed by atoms with Gasteiger partial charge in [0, 0.05) is 11.6 Å². The fraction of sp³-hybridized carbons (Fsp3) is 0.130. The maximum Gasteiger partial charge on any atom is 0.314 e. The number of hydrogen-bond acceptors (Lipinski definition) is 5. The predicted molar refractivity (Wildman–Crippen MR) is 124 cm³/mol. The number of methoxy groups -OCH3 is 1. The van der Waals surface area contributed by atoms with Gasteiger partial charge in [0.25, 0.3) is 10.0 Å². The summed E-state index contributed by atoms with van der Waals surface area (Å²) < 4.78 is 34.3. The Hall–Kier alpha value is -3.85. The Morgan fingerprint density at radius 1 is 0.812 bits per heavy atom. The van der Waals surface area contributed by atoms with Crippen LogP contribution in [0, 0.1) is 13.8 Å². The molecular weight excluding hydrogens is 430 g/mol. The van der Waals surface area contributed by atoms with Gasteiger partial charge in [-0.05, 0) is 54.8 Å². The van der Waals surface area contributed by atoms with Gasteiger partial charge in [0.05, 0.1) is 28.7 Å². The van der Waals surface area contributed by atoms with Gasteiger partial charge in [0.15, 0.2) is 0 Å². The molecule has 1 aromatic heterocycles. The van der Waals surface area contributed by atoms with E-state index in [-0.39, 0.29) is 10.4 Å². The molecule has 9 heteroatoms. The van der Waals surface area contributed by atoms with Crippen LogP contribution in [0.15, 0.2) is 69.1 Å². The van der Waals surface area contributed by atoms with Gasteiger partial charge in [-0.25, -0.2) is 8.42 Å². The topological polar surface area (TPSA) is 121 Å². The van der Waals surface area contributed by atoms with E-state index in [9.17, 15) is 18.0 Å². The molecule has 0 fully saturated rings. The highest BCUT2D eigenvalue weighted by Gasteiger charge is 2.20. The van der Waals surface area contributed by atoms with Crippen molar-refractivity contribution in [2.45, 2.75) is 18.7 Å². The lowest BCUT2D eigenvalue weighted by Crippen LogP contribution is -2.29. The van der Waals surface area contributed by atoms with Gasteiger partial charge in [-0.15, -0.1) is 0 Å². The number of fused-ring (bicyclic) bond motifs is 1. The summed E-state index contributed by atoms with van der Waals surface area (Å²) in [5, 5.41) is 0. The largest absolute Gasteiger partial charge is 0.496 e. The number of H-pyrrole nitrogens is 2. The van der Waals surface area contributed by atoms with Crippen molar-refractivity contribution in [3.05, 3.63) is 86.4 Å². The smallest absolute Gasteiger partial charge is 0.314 e. The Morgan fingerprint density at radius 3 is 2.12 bits per heavy atom. The zero-order valence-corrected chi connectivity index (χ0v) is 18.5. The zero-order chi connectivity index (χ0) is 23.0. The fourth-order valence-corrected chi connectivity index (χ4v) is 4.91. The Labute approximate surface area is 184 Å². The first-order chi connectivity index (χ1) is 15.2. The van der Waals surface area contributed by atoms with E-state index in [2.05, 4.69) is 14.7 Å². The van der Waals surface area contributed by atoms with E-state index in [1.54, 1.807) is 25.1 Å². The molecule has 0 atom stereocenters. The molecule has 1 heterocycles. The Morgan fingerprint density at radius 2 is 1.47 bits per heavy atom. The Bertz CT molecular complexity index is 1570. The molecule has 8 nitrogen and oxygen atoms in total. The van der Waals surface area contributed by atoms with Crippen LogP contribution in [0.3, 0.4) is 0 Å². The molecule has 32 heavy (non-hydrogen) atoms. The van der Waals surface area contributed by atoms with Gasteiger partial charge < -0.3 is 14.7 Å². The number of aromatic amines is 2. The first kappa shape index (κ1) is 21.4. The number of nitrogens with one attached hydrogen (secondary N) is 3. The third kappa shape index (κ3) is 3.90. The molecule has 0 spiro atoms. The molecule has 164 valence electrons. The van der Waals surface area contributed by atoms with Crippen molar-refractivity contribution in [1.82, 2.24) is 9.97 Å². The summed E-state index contributed by atoms with van der Waals surface area (Å²) in [6.45, 7) is 3.60. The highest BCUT2D eigenvalue weighted by Crippen LogP contribution is 2.35. The van der Waals surface area contributed by atoms with Crippen LogP contribution >= 0.6 is 0 Å². The van der Waals surface area contributed by atoms with Crippen LogP contribution in [0.2, 0.25) is 0 Å². The molecule has 0 radical (unpaired) electrons. The number of sulfonamides is 1. The second-order valence-electron chi connectivity index (χ2n) is 7.41. The second-order valence-corrected chi connectivity index (χ2v) is 9.06. The van der Waals surface area contributed by atoms with Crippen molar-refractivity contribution in [2.75, 3.05) is 11.8 Å². The summed E-state index contributed by atoms with van der Waals surface area (Å²) in [5.41, 5.74) is 2.55. The minimum atomic E-state index is -3.99. The van der Waals surface area contributed by atoms with Crippen LogP contribution in [0.1, 0.15) is 11.1 Å². The molecule has 3 N–H and O–H groups in total. The van der Waals surface area contributed by atoms with E-state index < -0.39 is 21.1 Å². The van der Waals surface area contributed by atoms with Crippen LogP contribution in [0.4, 0.5) is 5.69 Å². The number of ether oxygens (including phenoxy) is 1. The maximum atomic E-state index is 13.1. The zero-order valence-electron chi connectivity index (χ0n) is 17.6. The normalized spacial score (nSPS) is 11.5. The number of benzene rings is 3. The van der Waals surface area contributed by atoms with Crippen molar-refractivity contribution in [3.8, 4) is 16.9 Å². The minimum absolute atomic E-state index is 0.0188. The van der Waals surface area contributed by atoms with Gasteiger partial charge >= 0.3 is 11.1 Å². The Kier molecular flexibility index (Phi) is 5.35. The van der Waals surface area contributed by atoms with E-state index >= 15 is 0 Å². The molecule has 0 aliphatic rings. The van der Waals surface area contributed by atoms with Gasteiger partial charge in [-0.2, -0.15) is 0 Å². The highest BCUT2D eigenvalue weighted by atomic mass is 32.2. The summed E-state index contributed by atoms with van der Waals surface area (Å²) in [6.07, 6.45) is 0. The molecular formula is C23H21N3O5S. The van der Waals surface area contributed by atoms with Crippen molar-refractivity contribution in [1.29, 1.82) is 0 Å². The highest BCUT2D eigenvalue weighted by molar-refractivity contribution is 7.92. The SMILES string of the molecule is COc1cc(NS(=O)(=O)c2cc3[nH]c(=O)c(=O)[nH]c3cc2C)ccc1-c1ccccc1C. The molecule has 0 aliphatic carbocycles. The lowest BCUT2D eigenvalue weighted by molar-refractivity contribution is 0.416. The monoisotopic (exact) mass is 451 g/mol. The lowest BCUT2D eigenvalue weighted by atomic mass is 9.99. The molecule has 0 bridgehead atoms. The van der Waals surface area contributed by atoms with Crippen molar-refractivity contribution < 1.29 is 13.2 Å². The second kappa shape index (κ2) is 8.01. The van der Waals surface area contributed by atoms with Gasteiger partial charge in [0.1, 0.15) is 5.75 Å². The van der Waals surface area contributed by atoms with E-state index in [0.29, 0.717) is 22.5 Å². The van der Waals surface area contributed by atoms with E-state index in [0.717, 1.165) is 16.7 Å². The molecule has 0 unspecified atom stereocenters. The first-order valence-electron chi connectivity index (χ1n) is 9.73. The predicted octanol–water partition coefficient (Wildman–Crippen LogP) is 3.31. The molecule has 0 saturated heterocycles. The standard InChI is InChI=1S/C23H21N3O5S/c1-13-6-4-5-7-16(13)17-9-8-15(11-20(17)31-3)26-32(29,30)21-12-19-18(10-14(21)2)24-22(27)23(28)25-19/h4-12,26H,1-3H3,(H,24,27)(H,25,28). The number of aromatic nitrogens is 2. The average molecular weight is 452 g/mol. The quantitative estimate of drug-likeness (QED) is 0.402. The molecule has 0 aliphatic heterocycles. The third-order valence-corrected chi connectivity index (χ3v) is 6.72. The third-order valence-electron chi connectivity index (χ3n) is 5.20. The number of aryl methyl sites for hydroxylation is 2. The number of hydrogen-bond donors (Lipinski definition) is 3. The first-order valence-corrected chi connectivity index (χ1v) is 11.2.